The minimum absolute atomic E-state index is 0. The molecular formula is C19H28ClIN4O. The van der Waals surface area contributed by atoms with Crippen molar-refractivity contribution >= 4 is 41.5 Å². The monoisotopic (exact) mass is 490 g/mol. The number of guanidine groups is 1. The van der Waals surface area contributed by atoms with Crippen LogP contribution in [0.5, 0.6) is 0 Å². The number of aromatic nitrogens is 1. The minimum Gasteiger partial charge on any atom is -0.361 e. The van der Waals surface area contributed by atoms with Crippen LogP contribution in [0.3, 0.4) is 0 Å². The molecule has 1 atom stereocenters. The average Bonchev–Trinajstić information content (AvgIpc) is 2.90. The van der Waals surface area contributed by atoms with Crippen molar-refractivity contribution in [2.24, 2.45) is 4.99 Å². The number of aryl methyl sites for hydroxylation is 2. The van der Waals surface area contributed by atoms with Gasteiger partial charge in [-0.25, -0.2) is 0 Å². The van der Waals surface area contributed by atoms with Crippen LogP contribution in [0, 0.1) is 13.8 Å². The summed E-state index contributed by atoms with van der Waals surface area (Å²) >= 11 is 6.08. The van der Waals surface area contributed by atoms with Gasteiger partial charge in [0.25, 0.3) is 0 Å². The highest BCUT2D eigenvalue weighted by Gasteiger charge is 2.16. The molecule has 2 aromatic rings. The molecule has 1 unspecified atom stereocenters. The highest BCUT2D eigenvalue weighted by molar-refractivity contribution is 14.0. The van der Waals surface area contributed by atoms with E-state index in [4.69, 9.17) is 21.1 Å². The van der Waals surface area contributed by atoms with Gasteiger partial charge in [-0.15, -0.1) is 24.0 Å². The summed E-state index contributed by atoms with van der Waals surface area (Å²) in [5.41, 5.74) is 3.24. The van der Waals surface area contributed by atoms with Gasteiger partial charge in [0.2, 0.25) is 0 Å². The molecular weight excluding hydrogens is 463 g/mol. The van der Waals surface area contributed by atoms with E-state index in [-0.39, 0.29) is 29.9 Å². The summed E-state index contributed by atoms with van der Waals surface area (Å²) in [6, 6.07) is 7.90. The van der Waals surface area contributed by atoms with E-state index in [1.54, 1.807) is 0 Å². The third kappa shape index (κ3) is 6.16. The van der Waals surface area contributed by atoms with Gasteiger partial charge in [-0.3, -0.25) is 4.99 Å². The van der Waals surface area contributed by atoms with Crippen LogP contribution < -0.4 is 5.32 Å². The van der Waals surface area contributed by atoms with Crippen molar-refractivity contribution in [2.45, 2.75) is 40.2 Å². The maximum atomic E-state index is 6.08. The first kappa shape index (κ1) is 22.8. The summed E-state index contributed by atoms with van der Waals surface area (Å²) < 4.78 is 5.27. The van der Waals surface area contributed by atoms with Crippen molar-refractivity contribution in [3.8, 4) is 0 Å². The van der Waals surface area contributed by atoms with Crippen molar-refractivity contribution in [2.75, 3.05) is 20.1 Å². The van der Waals surface area contributed by atoms with Gasteiger partial charge in [0.15, 0.2) is 5.96 Å². The highest BCUT2D eigenvalue weighted by atomic mass is 127. The van der Waals surface area contributed by atoms with Gasteiger partial charge in [-0.1, -0.05) is 35.8 Å². The fourth-order valence-corrected chi connectivity index (χ4v) is 3.17. The first-order valence-corrected chi connectivity index (χ1v) is 8.96. The van der Waals surface area contributed by atoms with Crippen molar-refractivity contribution in [3.05, 3.63) is 51.9 Å². The maximum absolute atomic E-state index is 6.08. The fraction of sp³-hybridized carbons (Fsp3) is 0.474. The molecule has 0 saturated heterocycles. The number of halogens is 2. The zero-order valence-corrected chi connectivity index (χ0v) is 19.1. The molecule has 2 rings (SSSR count). The van der Waals surface area contributed by atoms with Gasteiger partial charge in [0, 0.05) is 43.2 Å². The zero-order chi connectivity index (χ0) is 18.4. The number of hydrogen-bond acceptors (Lipinski definition) is 3. The molecule has 7 heteroatoms. The first-order valence-electron chi connectivity index (χ1n) is 8.59. The highest BCUT2D eigenvalue weighted by Crippen LogP contribution is 2.23. The summed E-state index contributed by atoms with van der Waals surface area (Å²) in [5.74, 6) is 2.00. The van der Waals surface area contributed by atoms with Crippen molar-refractivity contribution in [3.63, 3.8) is 0 Å². The summed E-state index contributed by atoms with van der Waals surface area (Å²) in [6.07, 6.45) is 0. The van der Waals surface area contributed by atoms with Crippen LogP contribution in [0.2, 0.25) is 5.02 Å². The van der Waals surface area contributed by atoms with Gasteiger partial charge in [-0.05, 0) is 38.5 Å². The molecule has 1 N–H and O–H groups in total. The summed E-state index contributed by atoms with van der Waals surface area (Å²) in [7, 11) is 2.03. The lowest BCUT2D eigenvalue weighted by atomic mass is 10.00. The van der Waals surface area contributed by atoms with E-state index < -0.39 is 0 Å². The summed E-state index contributed by atoms with van der Waals surface area (Å²) in [6.45, 7) is 10.4. The second-order valence-electron chi connectivity index (χ2n) is 6.32. The van der Waals surface area contributed by atoms with Crippen LogP contribution in [0.4, 0.5) is 0 Å². The van der Waals surface area contributed by atoms with Crippen molar-refractivity contribution in [1.82, 2.24) is 15.4 Å². The molecule has 26 heavy (non-hydrogen) atoms. The van der Waals surface area contributed by atoms with Gasteiger partial charge in [-0.2, -0.15) is 0 Å². The lowest BCUT2D eigenvalue weighted by Gasteiger charge is -2.23. The quantitative estimate of drug-likeness (QED) is 0.360. The number of nitrogens with one attached hydrogen (secondary N) is 1. The van der Waals surface area contributed by atoms with Crippen LogP contribution in [-0.4, -0.2) is 36.2 Å². The molecule has 144 valence electrons. The fourth-order valence-electron chi connectivity index (χ4n) is 2.96. The van der Waals surface area contributed by atoms with E-state index in [9.17, 15) is 0 Å². The smallest absolute Gasteiger partial charge is 0.193 e. The topological polar surface area (TPSA) is 53.7 Å². The predicted molar refractivity (Wildman–Crippen MR) is 119 cm³/mol. The Morgan fingerprint density at radius 3 is 2.69 bits per heavy atom. The summed E-state index contributed by atoms with van der Waals surface area (Å²) in [4.78, 5) is 6.91. The molecule has 0 spiro atoms. The normalized spacial score (nSPS) is 12.5. The van der Waals surface area contributed by atoms with E-state index in [2.05, 4.69) is 35.3 Å². The zero-order valence-electron chi connectivity index (χ0n) is 16.0. The van der Waals surface area contributed by atoms with Crippen molar-refractivity contribution in [1.29, 1.82) is 0 Å². The van der Waals surface area contributed by atoms with E-state index in [0.717, 1.165) is 46.7 Å². The Kier molecular flexibility index (Phi) is 9.43. The molecule has 0 aliphatic heterocycles. The largest absolute Gasteiger partial charge is 0.361 e. The van der Waals surface area contributed by atoms with Gasteiger partial charge in [0.1, 0.15) is 5.76 Å². The SMILES string of the molecule is CCNC(=NCC(C)c1c(C)noc1C)N(C)Cc1cccc(Cl)c1.I. The molecule has 1 aromatic carbocycles. The molecule has 0 aliphatic rings. The lowest BCUT2D eigenvalue weighted by molar-refractivity contribution is 0.391. The Morgan fingerprint density at radius 2 is 2.12 bits per heavy atom. The second kappa shape index (κ2) is 10.8. The van der Waals surface area contributed by atoms with E-state index in [1.807, 2.05) is 39.1 Å². The van der Waals surface area contributed by atoms with E-state index in [1.165, 1.54) is 0 Å². The Bertz CT molecular complexity index is 713. The molecule has 0 fully saturated rings. The predicted octanol–water partition coefficient (Wildman–Crippen LogP) is 4.76. The standard InChI is InChI=1S/C19H27ClN4O.HI/c1-6-21-19(24(5)12-16-8-7-9-17(20)10-16)22-11-13(2)18-14(3)23-25-15(18)4;/h7-10,13H,6,11-12H2,1-5H3,(H,21,22);1H. The molecule has 0 bridgehead atoms. The van der Waals surface area contributed by atoms with Gasteiger partial charge in [0.05, 0.1) is 5.69 Å². The van der Waals surface area contributed by atoms with Crippen LogP contribution in [0.1, 0.15) is 42.3 Å². The summed E-state index contributed by atoms with van der Waals surface area (Å²) in [5, 5.41) is 8.14. The Hall–Kier alpha value is -1.28. The molecule has 0 amide bonds. The Labute approximate surface area is 178 Å². The average molecular weight is 491 g/mol. The number of nitrogens with zero attached hydrogens (tertiary/aromatic N) is 3. The molecule has 1 aromatic heterocycles. The maximum Gasteiger partial charge on any atom is 0.193 e. The molecule has 0 saturated carbocycles. The number of benzene rings is 1. The number of hydrogen-bond donors (Lipinski definition) is 1. The van der Waals surface area contributed by atoms with Crippen LogP contribution >= 0.6 is 35.6 Å². The minimum atomic E-state index is 0. The molecule has 5 nitrogen and oxygen atoms in total. The lowest BCUT2D eigenvalue weighted by Crippen LogP contribution is -2.38. The molecule has 0 aliphatic carbocycles. The van der Waals surface area contributed by atoms with Crippen LogP contribution in [0.15, 0.2) is 33.8 Å². The van der Waals surface area contributed by atoms with Gasteiger partial charge >= 0.3 is 0 Å². The van der Waals surface area contributed by atoms with Crippen molar-refractivity contribution < 1.29 is 4.52 Å². The third-order valence-electron chi connectivity index (χ3n) is 4.10. The van der Waals surface area contributed by atoms with Gasteiger partial charge < -0.3 is 14.7 Å². The Balaban J connectivity index is 0.00000338. The first-order chi connectivity index (χ1) is 11.9. The number of rotatable bonds is 6. The second-order valence-corrected chi connectivity index (χ2v) is 6.76. The van der Waals surface area contributed by atoms with E-state index in [0.29, 0.717) is 6.54 Å². The van der Waals surface area contributed by atoms with Crippen LogP contribution in [0.25, 0.3) is 0 Å². The number of aliphatic imine (C=N–C) groups is 1. The Morgan fingerprint density at radius 1 is 1.38 bits per heavy atom. The molecule has 1 heterocycles. The molecule has 0 radical (unpaired) electrons. The van der Waals surface area contributed by atoms with Crippen LogP contribution in [-0.2, 0) is 6.54 Å². The van der Waals surface area contributed by atoms with E-state index >= 15 is 0 Å². The third-order valence-corrected chi connectivity index (χ3v) is 4.34.